The van der Waals surface area contributed by atoms with E-state index in [4.69, 9.17) is 16.3 Å². The topological polar surface area (TPSA) is 62.7 Å². The predicted molar refractivity (Wildman–Crippen MR) is 71.3 cm³/mol. The second-order valence-electron chi connectivity index (χ2n) is 4.78. The van der Waals surface area contributed by atoms with E-state index < -0.39 is 0 Å². The average Bonchev–Trinajstić information content (AvgIpc) is 2.35. The Morgan fingerprint density at radius 1 is 1.58 bits per heavy atom. The molecule has 1 aromatic rings. The first-order chi connectivity index (χ1) is 8.99. The van der Waals surface area contributed by atoms with Crippen LogP contribution in [0, 0.1) is 6.92 Å². The first-order valence-electron chi connectivity index (χ1n) is 6.19. The first kappa shape index (κ1) is 14.2. The zero-order valence-electron chi connectivity index (χ0n) is 11.0. The van der Waals surface area contributed by atoms with E-state index in [9.17, 15) is 9.90 Å². The van der Waals surface area contributed by atoms with Crippen LogP contribution in [0.4, 0.5) is 0 Å². The molecular weight excluding hydrogens is 268 g/mol. The zero-order chi connectivity index (χ0) is 14.0. The van der Waals surface area contributed by atoms with Gasteiger partial charge in [-0.05, 0) is 26.0 Å². The fourth-order valence-electron chi connectivity index (χ4n) is 2.25. The van der Waals surface area contributed by atoms with Crippen LogP contribution in [-0.2, 0) is 4.74 Å². The second-order valence-corrected chi connectivity index (χ2v) is 5.17. The molecule has 0 aromatic carbocycles. The molecular formula is C13H17ClN2O3. The third-order valence-electron chi connectivity index (χ3n) is 2.99. The minimum Gasteiger partial charge on any atom is -0.394 e. The van der Waals surface area contributed by atoms with Gasteiger partial charge in [-0.2, -0.15) is 0 Å². The molecule has 0 saturated carbocycles. The Kier molecular flexibility index (Phi) is 4.39. The van der Waals surface area contributed by atoms with Crippen LogP contribution in [0.5, 0.6) is 0 Å². The molecule has 1 fully saturated rings. The molecule has 2 heterocycles. The van der Waals surface area contributed by atoms with Crippen molar-refractivity contribution in [2.45, 2.75) is 26.1 Å². The zero-order valence-corrected chi connectivity index (χ0v) is 11.7. The summed E-state index contributed by atoms with van der Waals surface area (Å²) < 4.78 is 5.52. The molecule has 1 amide bonds. The molecule has 2 rings (SSSR count). The molecule has 1 N–H and O–H groups in total. The number of morpholine rings is 1. The molecule has 2 atom stereocenters. The SMILES string of the molecule is Cc1cc(C(=O)N2CC(C)OC(CO)C2)cc(Cl)n1. The van der Waals surface area contributed by atoms with E-state index in [0.717, 1.165) is 0 Å². The van der Waals surface area contributed by atoms with E-state index in [1.807, 2.05) is 6.92 Å². The van der Waals surface area contributed by atoms with Crippen molar-refractivity contribution in [3.8, 4) is 0 Å². The van der Waals surface area contributed by atoms with Crippen molar-refractivity contribution in [3.05, 3.63) is 28.5 Å². The van der Waals surface area contributed by atoms with Crippen LogP contribution >= 0.6 is 11.6 Å². The number of ether oxygens (including phenoxy) is 1. The summed E-state index contributed by atoms with van der Waals surface area (Å²) >= 11 is 5.87. The van der Waals surface area contributed by atoms with Crippen molar-refractivity contribution in [2.75, 3.05) is 19.7 Å². The number of nitrogens with zero attached hydrogens (tertiary/aromatic N) is 2. The Labute approximate surface area is 117 Å². The molecule has 0 radical (unpaired) electrons. The van der Waals surface area contributed by atoms with Gasteiger partial charge in [0.25, 0.3) is 5.91 Å². The normalized spacial score (nSPS) is 23.5. The van der Waals surface area contributed by atoms with Gasteiger partial charge in [0, 0.05) is 24.3 Å². The summed E-state index contributed by atoms with van der Waals surface area (Å²) in [5.74, 6) is -0.110. The number of aryl methyl sites for hydroxylation is 1. The largest absolute Gasteiger partial charge is 0.394 e. The number of halogens is 1. The van der Waals surface area contributed by atoms with Gasteiger partial charge in [0.05, 0.1) is 18.8 Å². The molecule has 0 aliphatic carbocycles. The van der Waals surface area contributed by atoms with E-state index >= 15 is 0 Å². The highest BCUT2D eigenvalue weighted by molar-refractivity contribution is 6.29. The number of hydrogen-bond acceptors (Lipinski definition) is 4. The summed E-state index contributed by atoms with van der Waals surface area (Å²) in [5, 5.41) is 9.48. The van der Waals surface area contributed by atoms with Crippen LogP contribution in [0.2, 0.25) is 5.15 Å². The van der Waals surface area contributed by atoms with E-state index in [1.165, 1.54) is 0 Å². The monoisotopic (exact) mass is 284 g/mol. The van der Waals surface area contributed by atoms with Gasteiger partial charge in [-0.25, -0.2) is 4.98 Å². The summed E-state index contributed by atoms with van der Waals surface area (Å²) in [6.45, 7) is 4.48. The number of pyridine rings is 1. The quantitative estimate of drug-likeness (QED) is 0.831. The molecule has 5 nitrogen and oxygen atoms in total. The maximum atomic E-state index is 12.4. The lowest BCUT2D eigenvalue weighted by Gasteiger charge is -2.36. The van der Waals surface area contributed by atoms with Crippen molar-refractivity contribution in [1.29, 1.82) is 0 Å². The third-order valence-corrected chi connectivity index (χ3v) is 3.18. The molecule has 0 bridgehead atoms. The maximum Gasteiger partial charge on any atom is 0.254 e. The van der Waals surface area contributed by atoms with Gasteiger partial charge in [-0.1, -0.05) is 11.6 Å². The van der Waals surface area contributed by atoms with Gasteiger partial charge < -0.3 is 14.7 Å². The lowest BCUT2D eigenvalue weighted by Crippen LogP contribution is -2.50. The molecule has 1 aliphatic heterocycles. The molecule has 1 aliphatic rings. The summed E-state index contributed by atoms with van der Waals surface area (Å²) in [7, 11) is 0. The van der Waals surface area contributed by atoms with Crippen LogP contribution in [0.25, 0.3) is 0 Å². The highest BCUT2D eigenvalue weighted by Crippen LogP contribution is 2.17. The summed E-state index contributed by atoms with van der Waals surface area (Å²) in [5.41, 5.74) is 1.22. The van der Waals surface area contributed by atoms with E-state index in [-0.39, 0.29) is 24.7 Å². The molecule has 1 saturated heterocycles. The number of aromatic nitrogens is 1. The summed E-state index contributed by atoms with van der Waals surface area (Å²) in [6, 6.07) is 3.27. The van der Waals surface area contributed by atoms with E-state index in [1.54, 1.807) is 24.0 Å². The lowest BCUT2D eigenvalue weighted by molar-refractivity contribution is -0.0858. The van der Waals surface area contributed by atoms with Crippen LogP contribution in [0.1, 0.15) is 23.0 Å². The van der Waals surface area contributed by atoms with Gasteiger partial charge in [-0.15, -0.1) is 0 Å². The number of carbonyl (C=O) groups excluding carboxylic acids is 1. The van der Waals surface area contributed by atoms with Crippen molar-refractivity contribution in [3.63, 3.8) is 0 Å². The van der Waals surface area contributed by atoms with Crippen molar-refractivity contribution >= 4 is 17.5 Å². The Balaban J connectivity index is 2.18. The minimum absolute atomic E-state index is 0.0896. The van der Waals surface area contributed by atoms with Gasteiger partial charge in [-0.3, -0.25) is 4.79 Å². The summed E-state index contributed by atoms with van der Waals surface area (Å²) in [4.78, 5) is 18.1. The fraction of sp³-hybridized carbons (Fsp3) is 0.538. The Hall–Kier alpha value is -1.17. The van der Waals surface area contributed by atoms with Crippen LogP contribution in [-0.4, -0.2) is 52.8 Å². The second kappa shape index (κ2) is 5.86. The Morgan fingerprint density at radius 2 is 2.32 bits per heavy atom. The van der Waals surface area contributed by atoms with Crippen molar-refractivity contribution in [2.24, 2.45) is 0 Å². The van der Waals surface area contributed by atoms with Crippen molar-refractivity contribution < 1.29 is 14.6 Å². The Bertz CT molecular complexity index is 461. The minimum atomic E-state index is -0.328. The number of carbonyl (C=O) groups is 1. The number of hydrogen-bond donors (Lipinski definition) is 1. The predicted octanol–water partition coefficient (Wildman–Crippen LogP) is 1.27. The van der Waals surface area contributed by atoms with Crippen molar-refractivity contribution in [1.82, 2.24) is 9.88 Å². The van der Waals surface area contributed by atoms with Gasteiger partial charge in [0.1, 0.15) is 5.15 Å². The number of amides is 1. The standard InChI is InChI=1S/C13H17ClN2O3/c1-8-3-10(4-12(14)15-8)13(18)16-5-9(2)19-11(6-16)7-17/h3-4,9,11,17H,5-7H2,1-2H3. The molecule has 6 heteroatoms. The maximum absolute atomic E-state index is 12.4. The summed E-state index contributed by atoms with van der Waals surface area (Å²) in [6.07, 6.45) is -0.417. The van der Waals surface area contributed by atoms with Crippen LogP contribution in [0.15, 0.2) is 12.1 Å². The molecule has 2 unspecified atom stereocenters. The molecule has 0 spiro atoms. The van der Waals surface area contributed by atoms with Gasteiger partial charge in [0.15, 0.2) is 0 Å². The van der Waals surface area contributed by atoms with E-state index in [0.29, 0.717) is 29.5 Å². The highest BCUT2D eigenvalue weighted by atomic mass is 35.5. The van der Waals surface area contributed by atoms with Crippen LogP contribution in [0.3, 0.4) is 0 Å². The molecule has 104 valence electrons. The fourth-order valence-corrected chi connectivity index (χ4v) is 2.50. The van der Waals surface area contributed by atoms with Crippen LogP contribution < -0.4 is 0 Å². The van der Waals surface area contributed by atoms with E-state index in [2.05, 4.69) is 4.98 Å². The number of aliphatic hydroxyl groups is 1. The molecule has 19 heavy (non-hydrogen) atoms. The Morgan fingerprint density at radius 3 is 2.95 bits per heavy atom. The smallest absolute Gasteiger partial charge is 0.254 e. The van der Waals surface area contributed by atoms with Gasteiger partial charge in [0.2, 0.25) is 0 Å². The first-order valence-corrected chi connectivity index (χ1v) is 6.57. The van der Waals surface area contributed by atoms with Gasteiger partial charge >= 0.3 is 0 Å². The number of aliphatic hydroxyl groups excluding tert-OH is 1. The average molecular weight is 285 g/mol. The molecule has 1 aromatic heterocycles. The third kappa shape index (κ3) is 3.43. The lowest BCUT2D eigenvalue weighted by atomic mass is 10.1. The number of rotatable bonds is 2. The highest BCUT2D eigenvalue weighted by Gasteiger charge is 2.28.